The van der Waals surface area contributed by atoms with Crippen LogP contribution in [0.2, 0.25) is 0 Å². The number of ether oxygens (including phenoxy) is 2. The summed E-state index contributed by atoms with van der Waals surface area (Å²) < 4.78 is 37.2. The third-order valence-corrected chi connectivity index (χ3v) is 8.34. The molecule has 0 aromatic heterocycles. The molecule has 0 bridgehead atoms. The van der Waals surface area contributed by atoms with Crippen LogP contribution in [-0.4, -0.2) is 68.1 Å². The first kappa shape index (κ1) is 22.5. The predicted molar refractivity (Wildman–Crippen MR) is 101 cm³/mol. The van der Waals surface area contributed by atoms with Gasteiger partial charge in [-0.3, -0.25) is 10.0 Å². The van der Waals surface area contributed by atoms with E-state index in [4.69, 9.17) is 14.7 Å². The number of carbonyl (C=O) groups excluding carboxylic acids is 1. The molecule has 0 aliphatic carbocycles. The Morgan fingerprint density at radius 3 is 2.48 bits per heavy atom. The minimum atomic E-state index is -3.88. The number of nitrogens with zero attached hydrogens (tertiary/aromatic N) is 1. The number of hydrogen-bond acceptors (Lipinski definition) is 6. The van der Waals surface area contributed by atoms with Crippen LogP contribution in [0.25, 0.3) is 0 Å². The van der Waals surface area contributed by atoms with E-state index < -0.39 is 20.7 Å². The van der Waals surface area contributed by atoms with Gasteiger partial charge in [-0.25, -0.2) is 18.2 Å². The summed E-state index contributed by atoms with van der Waals surface area (Å²) in [7, 11) is -3.88. The van der Waals surface area contributed by atoms with Crippen molar-refractivity contribution in [2.24, 2.45) is 5.92 Å². The molecule has 9 heteroatoms. The fourth-order valence-corrected chi connectivity index (χ4v) is 6.00. The molecule has 2 N–H and O–H groups in total. The highest BCUT2D eigenvalue weighted by Gasteiger charge is 2.54. The Morgan fingerprint density at radius 1 is 1.22 bits per heavy atom. The minimum Gasteiger partial charge on any atom is -0.381 e. The van der Waals surface area contributed by atoms with Crippen LogP contribution in [-0.2, 0) is 24.3 Å². The van der Waals surface area contributed by atoms with Gasteiger partial charge >= 0.3 is 0 Å². The van der Waals surface area contributed by atoms with E-state index in [0.717, 1.165) is 25.9 Å². The average Bonchev–Trinajstić information content (AvgIpc) is 2.70. The number of hydroxylamine groups is 1. The number of unbranched alkanes of at least 4 members (excludes halogenated alkanes) is 3. The Balaban J connectivity index is 1.87. The van der Waals surface area contributed by atoms with Crippen molar-refractivity contribution in [3.8, 4) is 0 Å². The molecular weight excluding hydrogens is 372 g/mol. The molecule has 2 aliphatic heterocycles. The van der Waals surface area contributed by atoms with Gasteiger partial charge in [0.25, 0.3) is 5.91 Å². The molecule has 0 atom stereocenters. The van der Waals surface area contributed by atoms with E-state index in [-0.39, 0.29) is 26.1 Å². The van der Waals surface area contributed by atoms with Gasteiger partial charge in [-0.15, -0.1) is 0 Å². The third-order valence-electron chi connectivity index (χ3n) is 5.72. The number of nitrogens with one attached hydrogen (secondary N) is 1. The molecule has 0 aromatic rings. The van der Waals surface area contributed by atoms with Crippen LogP contribution in [0.15, 0.2) is 0 Å². The number of amides is 1. The third kappa shape index (κ3) is 5.41. The predicted octanol–water partition coefficient (Wildman–Crippen LogP) is 1.68. The standard InChI is InChI=1S/C18H34N2O6S/c1-2-3-4-5-12-26-15-16-6-10-20(11-7-16)27(23,24)18(17(21)19-22)8-13-25-14-9-18/h16,22H,2-15H2,1H3,(H,19,21). The summed E-state index contributed by atoms with van der Waals surface area (Å²) in [5, 5.41) is 9.09. The van der Waals surface area contributed by atoms with Crippen molar-refractivity contribution in [2.45, 2.75) is 63.0 Å². The van der Waals surface area contributed by atoms with Gasteiger partial charge in [0.2, 0.25) is 10.0 Å². The highest BCUT2D eigenvalue weighted by molar-refractivity contribution is 7.91. The summed E-state index contributed by atoms with van der Waals surface area (Å²) in [5.74, 6) is -0.511. The lowest BCUT2D eigenvalue weighted by atomic mass is 9.98. The summed E-state index contributed by atoms with van der Waals surface area (Å²) in [6.07, 6.45) is 6.25. The summed E-state index contributed by atoms with van der Waals surface area (Å²) in [4.78, 5) is 12.2. The van der Waals surface area contributed by atoms with Crippen molar-refractivity contribution in [1.29, 1.82) is 0 Å². The Bertz CT molecular complexity index is 554. The van der Waals surface area contributed by atoms with Crippen molar-refractivity contribution in [1.82, 2.24) is 9.79 Å². The largest absolute Gasteiger partial charge is 0.381 e. The van der Waals surface area contributed by atoms with Crippen LogP contribution in [0.1, 0.15) is 58.3 Å². The molecule has 0 saturated carbocycles. The fraction of sp³-hybridized carbons (Fsp3) is 0.944. The van der Waals surface area contributed by atoms with Crippen molar-refractivity contribution >= 4 is 15.9 Å². The molecule has 2 rings (SSSR count). The SMILES string of the molecule is CCCCCCOCC1CCN(S(=O)(=O)C2(C(=O)NO)CCOCC2)CC1. The molecule has 8 nitrogen and oxygen atoms in total. The molecule has 2 fully saturated rings. The van der Waals surface area contributed by atoms with E-state index in [1.807, 2.05) is 0 Å². The van der Waals surface area contributed by atoms with Crippen LogP contribution in [0, 0.1) is 5.92 Å². The maximum absolute atomic E-state index is 13.2. The number of carbonyl (C=O) groups is 1. The van der Waals surface area contributed by atoms with Crippen LogP contribution in [0.3, 0.4) is 0 Å². The molecule has 0 unspecified atom stereocenters. The number of rotatable bonds is 10. The van der Waals surface area contributed by atoms with Gasteiger partial charge < -0.3 is 9.47 Å². The number of piperidine rings is 1. The van der Waals surface area contributed by atoms with Crippen molar-refractivity contribution < 1.29 is 27.9 Å². The second-order valence-electron chi connectivity index (χ2n) is 7.53. The summed E-state index contributed by atoms with van der Waals surface area (Å²) in [6, 6.07) is 0. The van der Waals surface area contributed by atoms with E-state index in [9.17, 15) is 13.2 Å². The molecule has 2 heterocycles. The summed E-state index contributed by atoms with van der Waals surface area (Å²) in [6.45, 7) is 4.75. The Hall–Kier alpha value is -0.740. The zero-order chi connectivity index (χ0) is 19.8. The van der Waals surface area contributed by atoms with Gasteiger partial charge in [-0.1, -0.05) is 26.2 Å². The highest BCUT2D eigenvalue weighted by atomic mass is 32.2. The quantitative estimate of drug-likeness (QED) is 0.325. The topological polar surface area (TPSA) is 105 Å². The molecule has 2 saturated heterocycles. The maximum atomic E-state index is 13.2. The van der Waals surface area contributed by atoms with E-state index in [1.165, 1.54) is 23.6 Å². The van der Waals surface area contributed by atoms with Crippen LogP contribution < -0.4 is 5.48 Å². The molecule has 158 valence electrons. The monoisotopic (exact) mass is 406 g/mol. The first-order chi connectivity index (χ1) is 13.0. The molecule has 1 amide bonds. The Kier molecular flexibility index (Phi) is 8.94. The lowest BCUT2D eigenvalue weighted by Gasteiger charge is -2.40. The average molecular weight is 407 g/mol. The first-order valence-corrected chi connectivity index (χ1v) is 11.5. The number of hydrogen-bond donors (Lipinski definition) is 2. The van der Waals surface area contributed by atoms with E-state index in [1.54, 1.807) is 5.48 Å². The van der Waals surface area contributed by atoms with E-state index in [0.29, 0.717) is 25.6 Å². The zero-order valence-corrected chi connectivity index (χ0v) is 17.1. The molecule has 2 aliphatic rings. The minimum absolute atomic E-state index is 0.0581. The Labute approximate surface area is 162 Å². The van der Waals surface area contributed by atoms with Crippen LogP contribution in [0.4, 0.5) is 0 Å². The smallest absolute Gasteiger partial charge is 0.266 e. The second kappa shape index (κ2) is 10.7. The maximum Gasteiger partial charge on any atom is 0.266 e. The van der Waals surface area contributed by atoms with Crippen LogP contribution >= 0.6 is 0 Å². The van der Waals surface area contributed by atoms with Crippen molar-refractivity contribution in [3.63, 3.8) is 0 Å². The van der Waals surface area contributed by atoms with Crippen LogP contribution in [0.5, 0.6) is 0 Å². The Morgan fingerprint density at radius 2 is 1.89 bits per heavy atom. The fourth-order valence-electron chi connectivity index (χ4n) is 3.85. The summed E-state index contributed by atoms with van der Waals surface area (Å²) in [5.41, 5.74) is 1.56. The molecule has 0 spiro atoms. The molecule has 0 radical (unpaired) electrons. The normalized spacial score (nSPS) is 21.9. The number of sulfonamides is 1. The van der Waals surface area contributed by atoms with Crippen molar-refractivity contribution in [2.75, 3.05) is 39.5 Å². The zero-order valence-electron chi connectivity index (χ0n) is 16.3. The lowest BCUT2D eigenvalue weighted by Crippen LogP contribution is -2.60. The van der Waals surface area contributed by atoms with Crippen molar-refractivity contribution in [3.05, 3.63) is 0 Å². The van der Waals surface area contributed by atoms with Gasteiger partial charge in [-0.2, -0.15) is 0 Å². The molecule has 27 heavy (non-hydrogen) atoms. The van der Waals surface area contributed by atoms with Gasteiger partial charge in [0, 0.05) is 52.4 Å². The van der Waals surface area contributed by atoms with E-state index >= 15 is 0 Å². The molecule has 0 aromatic carbocycles. The van der Waals surface area contributed by atoms with Gasteiger partial charge in [-0.05, 0) is 25.2 Å². The van der Waals surface area contributed by atoms with E-state index in [2.05, 4.69) is 6.92 Å². The molecular formula is C18H34N2O6S. The lowest BCUT2D eigenvalue weighted by molar-refractivity contribution is -0.134. The highest BCUT2D eigenvalue weighted by Crippen LogP contribution is 2.34. The van der Waals surface area contributed by atoms with Gasteiger partial charge in [0.15, 0.2) is 4.75 Å². The van der Waals surface area contributed by atoms with Gasteiger partial charge in [0.05, 0.1) is 0 Å². The summed E-state index contributed by atoms with van der Waals surface area (Å²) >= 11 is 0. The second-order valence-corrected chi connectivity index (χ2v) is 9.78. The first-order valence-electron chi connectivity index (χ1n) is 10.1. The van der Waals surface area contributed by atoms with Gasteiger partial charge in [0.1, 0.15) is 0 Å².